The predicted molar refractivity (Wildman–Crippen MR) is 119 cm³/mol. The number of rotatable bonds is 9. The summed E-state index contributed by atoms with van der Waals surface area (Å²) in [5, 5.41) is 9.40. The molecule has 0 atom stereocenters. The third-order valence-electron chi connectivity index (χ3n) is 4.78. The van der Waals surface area contributed by atoms with Crippen LogP contribution in [0.5, 0.6) is 11.5 Å². The van der Waals surface area contributed by atoms with Crippen LogP contribution in [0.15, 0.2) is 54.2 Å². The Hall–Kier alpha value is -3.32. The van der Waals surface area contributed by atoms with Gasteiger partial charge in [-0.25, -0.2) is 4.90 Å². The summed E-state index contributed by atoms with van der Waals surface area (Å²) in [4.78, 5) is 29.6. The molecule has 164 valence electrons. The van der Waals surface area contributed by atoms with E-state index < -0.39 is 11.8 Å². The van der Waals surface area contributed by atoms with Crippen LogP contribution < -0.4 is 14.4 Å². The van der Waals surface area contributed by atoms with Crippen molar-refractivity contribution in [2.45, 2.75) is 26.9 Å². The summed E-state index contributed by atoms with van der Waals surface area (Å²) >= 11 is 0. The molecule has 0 aliphatic carbocycles. The molecule has 1 heterocycles. The van der Waals surface area contributed by atoms with Crippen LogP contribution in [0.4, 0.5) is 5.69 Å². The van der Waals surface area contributed by atoms with Crippen LogP contribution in [0, 0.1) is 0 Å². The van der Waals surface area contributed by atoms with Crippen LogP contribution in [-0.4, -0.2) is 54.7 Å². The van der Waals surface area contributed by atoms with Crippen molar-refractivity contribution in [3.8, 4) is 11.5 Å². The van der Waals surface area contributed by atoms with Gasteiger partial charge in [-0.05, 0) is 50.6 Å². The molecule has 2 amide bonds. The Balaban J connectivity index is 2.04. The van der Waals surface area contributed by atoms with Gasteiger partial charge in [0.2, 0.25) is 0 Å². The first-order valence-corrected chi connectivity index (χ1v) is 10.3. The Kier molecular flexibility index (Phi) is 6.97. The lowest BCUT2D eigenvalue weighted by atomic mass is 10.0. The predicted octanol–water partition coefficient (Wildman–Crippen LogP) is 3.08. The van der Waals surface area contributed by atoms with Gasteiger partial charge in [0.1, 0.15) is 17.2 Å². The molecule has 0 bridgehead atoms. The maximum atomic E-state index is 13.5. The van der Waals surface area contributed by atoms with Crippen molar-refractivity contribution in [1.29, 1.82) is 0 Å². The smallest absolute Gasteiger partial charge is 0.282 e. The lowest BCUT2D eigenvalue weighted by Crippen LogP contribution is -2.34. The van der Waals surface area contributed by atoms with E-state index in [-0.39, 0.29) is 25.0 Å². The van der Waals surface area contributed by atoms with Gasteiger partial charge in [-0.2, -0.15) is 0 Å². The number of hydrogen-bond acceptors (Lipinski definition) is 6. The molecule has 0 aromatic heterocycles. The quantitative estimate of drug-likeness (QED) is 0.624. The van der Waals surface area contributed by atoms with Gasteiger partial charge in [0.05, 0.1) is 30.6 Å². The molecule has 0 saturated heterocycles. The van der Waals surface area contributed by atoms with Crippen LogP contribution in [-0.2, 0) is 9.59 Å². The van der Waals surface area contributed by atoms with Crippen LogP contribution in [0.2, 0.25) is 0 Å². The molecule has 0 spiro atoms. The third-order valence-corrected chi connectivity index (χ3v) is 4.78. The van der Waals surface area contributed by atoms with E-state index in [4.69, 9.17) is 9.47 Å². The van der Waals surface area contributed by atoms with Gasteiger partial charge < -0.3 is 19.5 Å². The number of aliphatic hydroxyl groups is 1. The fraction of sp³-hybridized carbons (Fsp3) is 0.333. The van der Waals surface area contributed by atoms with Crippen LogP contribution in [0.25, 0.3) is 5.57 Å². The van der Waals surface area contributed by atoms with E-state index in [0.717, 1.165) is 4.90 Å². The molecule has 0 saturated carbocycles. The second-order valence-corrected chi connectivity index (χ2v) is 7.44. The molecule has 31 heavy (non-hydrogen) atoms. The van der Waals surface area contributed by atoms with Gasteiger partial charge in [0, 0.05) is 19.7 Å². The second kappa shape index (κ2) is 9.66. The average Bonchev–Trinajstić information content (AvgIpc) is 2.99. The second-order valence-electron chi connectivity index (χ2n) is 7.44. The SMILES string of the molecule is CCOc1cccc(N2C(=O)C(c3ccc(OC(C)C)cc3)=C(N(C)CCO)C2=O)c1. The molecule has 7 heteroatoms. The van der Waals surface area contributed by atoms with Crippen molar-refractivity contribution in [2.24, 2.45) is 0 Å². The van der Waals surface area contributed by atoms with Crippen LogP contribution in [0.1, 0.15) is 26.3 Å². The monoisotopic (exact) mass is 424 g/mol. The van der Waals surface area contributed by atoms with E-state index in [2.05, 4.69) is 0 Å². The minimum Gasteiger partial charge on any atom is -0.494 e. The zero-order chi connectivity index (χ0) is 22.5. The van der Waals surface area contributed by atoms with E-state index in [1.165, 1.54) is 0 Å². The summed E-state index contributed by atoms with van der Waals surface area (Å²) in [5.41, 5.74) is 1.58. The normalized spacial score (nSPS) is 13.9. The molecule has 0 radical (unpaired) electrons. The van der Waals surface area contributed by atoms with Gasteiger partial charge in [-0.3, -0.25) is 9.59 Å². The van der Waals surface area contributed by atoms with Crippen molar-refractivity contribution >= 4 is 23.1 Å². The lowest BCUT2D eigenvalue weighted by molar-refractivity contribution is -0.120. The summed E-state index contributed by atoms with van der Waals surface area (Å²) in [7, 11) is 1.69. The first-order chi connectivity index (χ1) is 14.9. The maximum absolute atomic E-state index is 13.5. The molecular weight excluding hydrogens is 396 g/mol. The van der Waals surface area contributed by atoms with Crippen molar-refractivity contribution in [2.75, 3.05) is 31.7 Å². The van der Waals surface area contributed by atoms with E-state index in [0.29, 0.717) is 34.9 Å². The number of carbonyl (C=O) groups excluding carboxylic acids is 2. The molecule has 0 unspecified atom stereocenters. The summed E-state index contributed by atoms with van der Waals surface area (Å²) < 4.78 is 11.2. The van der Waals surface area contributed by atoms with Gasteiger partial charge in [-0.1, -0.05) is 18.2 Å². The third kappa shape index (κ3) is 4.72. The van der Waals surface area contributed by atoms with Gasteiger partial charge in [0.25, 0.3) is 11.8 Å². The molecule has 1 N–H and O–H groups in total. The van der Waals surface area contributed by atoms with Gasteiger partial charge in [-0.15, -0.1) is 0 Å². The number of imide groups is 1. The maximum Gasteiger partial charge on any atom is 0.282 e. The summed E-state index contributed by atoms with van der Waals surface area (Å²) in [6, 6.07) is 14.0. The highest BCUT2D eigenvalue weighted by Crippen LogP contribution is 2.36. The average molecular weight is 424 g/mol. The molecule has 3 rings (SSSR count). The first kappa shape index (κ1) is 22.4. The Morgan fingerprint density at radius 3 is 2.35 bits per heavy atom. The molecule has 2 aromatic carbocycles. The number of likely N-dealkylation sites (N-methyl/N-ethyl adjacent to an activating group) is 1. The molecular formula is C24H28N2O5. The standard InChI is InChI=1S/C24H28N2O5/c1-5-30-20-8-6-7-18(15-20)26-23(28)21(22(24(26)29)25(4)13-14-27)17-9-11-19(12-10-17)31-16(2)3/h6-12,15-16,27H,5,13-14H2,1-4H3. The van der Waals surface area contributed by atoms with E-state index >= 15 is 0 Å². The lowest BCUT2D eigenvalue weighted by Gasteiger charge is -2.20. The Morgan fingerprint density at radius 1 is 1.03 bits per heavy atom. The van der Waals surface area contributed by atoms with Crippen molar-refractivity contribution in [3.63, 3.8) is 0 Å². The number of hydrogen-bond donors (Lipinski definition) is 1. The number of amides is 2. The van der Waals surface area contributed by atoms with Crippen molar-refractivity contribution in [3.05, 3.63) is 59.8 Å². The van der Waals surface area contributed by atoms with Crippen molar-refractivity contribution < 1.29 is 24.2 Å². The van der Waals surface area contributed by atoms with E-state index in [9.17, 15) is 14.7 Å². The first-order valence-electron chi connectivity index (χ1n) is 10.3. The number of benzene rings is 2. The minimum atomic E-state index is -0.438. The Labute approximate surface area is 182 Å². The van der Waals surface area contributed by atoms with Crippen molar-refractivity contribution in [1.82, 2.24) is 4.90 Å². The zero-order valence-electron chi connectivity index (χ0n) is 18.3. The summed E-state index contributed by atoms with van der Waals surface area (Å²) in [6.07, 6.45) is 0.0270. The van der Waals surface area contributed by atoms with E-state index in [1.54, 1.807) is 60.5 Å². The Bertz CT molecular complexity index is 982. The molecule has 2 aromatic rings. The summed E-state index contributed by atoms with van der Waals surface area (Å²) in [5.74, 6) is 0.403. The topological polar surface area (TPSA) is 79.3 Å². The zero-order valence-corrected chi connectivity index (χ0v) is 18.3. The van der Waals surface area contributed by atoms with Gasteiger partial charge >= 0.3 is 0 Å². The molecule has 0 fully saturated rings. The molecule has 1 aliphatic heterocycles. The number of carbonyl (C=O) groups is 2. The number of nitrogens with zero attached hydrogens (tertiary/aromatic N) is 2. The van der Waals surface area contributed by atoms with Crippen LogP contribution in [0.3, 0.4) is 0 Å². The highest BCUT2D eigenvalue weighted by Gasteiger charge is 2.41. The number of aliphatic hydroxyl groups excluding tert-OH is 1. The summed E-state index contributed by atoms with van der Waals surface area (Å²) in [6.45, 7) is 6.30. The van der Waals surface area contributed by atoms with Crippen LogP contribution >= 0.6 is 0 Å². The van der Waals surface area contributed by atoms with Gasteiger partial charge in [0.15, 0.2) is 0 Å². The highest BCUT2D eigenvalue weighted by molar-refractivity contribution is 6.45. The fourth-order valence-electron chi connectivity index (χ4n) is 3.48. The molecule has 7 nitrogen and oxygen atoms in total. The largest absolute Gasteiger partial charge is 0.494 e. The Morgan fingerprint density at radius 2 is 1.74 bits per heavy atom. The highest BCUT2D eigenvalue weighted by atomic mass is 16.5. The molecule has 1 aliphatic rings. The minimum absolute atomic E-state index is 0.0270. The number of anilines is 1. The fourth-order valence-corrected chi connectivity index (χ4v) is 3.48. The van der Waals surface area contributed by atoms with E-state index in [1.807, 2.05) is 20.8 Å². The number of ether oxygens (including phenoxy) is 2.